The van der Waals surface area contributed by atoms with Gasteiger partial charge in [-0.15, -0.1) is 0 Å². The maximum absolute atomic E-state index is 12.9. The minimum Gasteiger partial charge on any atom is -0.377 e. The lowest BCUT2D eigenvalue weighted by atomic mass is 10.0. The summed E-state index contributed by atoms with van der Waals surface area (Å²) in [4.78, 5) is 13.6. The van der Waals surface area contributed by atoms with Crippen LogP contribution in [0.2, 0.25) is 0 Å². The molecular formula is C23H30N4O4S. The van der Waals surface area contributed by atoms with Crippen molar-refractivity contribution in [1.29, 1.82) is 0 Å². The molecule has 2 aliphatic rings. The number of nitro groups is 1. The molecule has 2 aliphatic heterocycles. The Hall–Kier alpha value is -2.49. The molecule has 0 radical (unpaired) electrons. The number of likely N-dealkylation sites (tertiary alicyclic amines) is 1. The number of hydrogen-bond acceptors (Lipinski definition) is 6. The summed E-state index contributed by atoms with van der Waals surface area (Å²) in [6.45, 7) is 3.65. The van der Waals surface area contributed by atoms with Gasteiger partial charge in [-0.25, -0.2) is 8.42 Å². The van der Waals surface area contributed by atoms with Crippen LogP contribution < -0.4 is 5.32 Å². The highest BCUT2D eigenvalue weighted by Crippen LogP contribution is 2.31. The molecule has 0 bridgehead atoms. The Morgan fingerprint density at radius 3 is 2.31 bits per heavy atom. The first kappa shape index (κ1) is 22.7. The van der Waals surface area contributed by atoms with Crippen molar-refractivity contribution in [3.63, 3.8) is 0 Å². The summed E-state index contributed by atoms with van der Waals surface area (Å²) in [6.07, 6.45) is 4.41. The second kappa shape index (κ2) is 9.97. The van der Waals surface area contributed by atoms with Crippen LogP contribution >= 0.6 is 0 Å². The zero-order valence-electron chi connectivity index (χ0n) is 18.2. The monoisotopic (exact) mass is 458 g/mol. The molecule has 0 spiro atoms. The molecule has 0 saturated carbocycles. The molecule has 2 aromatic rings. The Morgan fingerprint density at radius 1 is 0.969 bits per heavy atom. The molecule has 9 heteroatoms. The first-order chi connectivity index (χ1) is 15.4. The van der Waals surface area contributed by atoms with Crippen molar-refractivity contribution in [3.05, 3.63) is 64.2 Å². The predicted octanol–water partition coefficient (Wildman–Crippen LogP) is 3.85. The molecule has 1 N–H and O–H groups in total. The van der Waals surface area contributed by atoms with E-state index in [9.17, 15) is 18.5 Å². The van der Waals surface area contributed by atoms with Gasteiger partial charge in [-0.1, -0.05) is 36.8 Å². The summed E-state index contributed by atoms with van der Waals surface area (Å²) >= 11 is 0. The van der Waals surface area contributed by atoms with E-state index < -0.39 is 14.9 Å². The molecule has 0 amide bonds. The van der Waals surface area contributed by atoms with Crippen molar-refractivity contribution < 1.29 is 13.3 Å². The minimum atomic E-state index is -3.71. The van der Waals surface area contributed by atoms with E-state index in [1.54, 1.807) is 6.07 Å². The van der Waals surface area contributed by atoms with Gasteiger partial charge in [-0.3, -0.25) is 15.0 Å². The quantitative estimate of drug-likeness (QED) is 0.500. The molecule has 0 atom stereocenters. The molecule has 0 unspecified atom stereocenters. The van der Waals surface area contributed by atoms with Gasteiger partial charge in [0.15, 0.2) is 0 Å². The summed E-state index contributed by atoms with van der Waals surface area (Å²) in [7, 11) is -3.71. The summed E-state index contributed by atoms with van der Waals surface area (Å²) < 4.78 is 27.3. The van der Waals surface area contributed by atoms with E-state index in [0.29, 0.717) is 18.8 Å². The van der Waals surface area contributed by atoms with Crippen molar-refractivity contribution in [3.8, 4) is 0 Å². The minimum absolute atomic E-state index is 0.00525. The Balaban J connectivity index is 1.42. The van der Waals surface area contributed by atoms with E-state index in [1.807, 2.05) is 18.2 Å². The molecule has 32 heavy (non-hydrogen) atoms. The third-order valence-electron chi connectivity index (χ3n) is 6.31. The van der Waals surface area contributed by atoms with Gasteiger partial charge >= 0.3 is 0 Å². The first-order valence-electron chi connectivity index (χ1n) is 11.2. The fraction of sp³-hybridized carbons (Fsp3) is 0.478. The van der Waals surface area contributed by atoms with Crippen LogP contribution in [-0.4, -0.2) is 54.8 Å². The summed E-state index contributed by atoms with van der Waals surface area (Å²) in [5.41, 5.74) is 1.48. The highest BCUT2D eigenvalue weighted by atomic mass is 32.2. The fourth-order valence-electron chi connectivity index (χ4n) is 4.50. The number of benzene rings is 2. The van der Waals surface area contributed by atoms with Crippen molar-refractivity contribution in [2.45, 2.75) is 49.6 Å². The van der Waals surface area contributed by atoms with Crippen molar-refractivity contribution in [2.75, 3.05) is 31.5 Å². The van der Waals surface area contributed by atoms with E-state index in [4.69, 9.17) is 0 Å². The molecule has 2 aromatic carbocycles. The summed E-state index contributed by atoms with van der Waals surface area (Å²) in [5, 5.41) is 15.0. The zero-order chi connectivity index (χ0) is 22.6. The van der Waals surface area contributed by atoms with Gasteiger partial charge in [0.2, 0.25) is 10.0 Å². The van der Waals surface area contributed by atoms with Gasteiger partial charge in [0, 0.05) is 44.8 Å². The average molecular weight is 459 g/mol. The number of nitrogens with zero attached hydrogens (tertiary/aromatic N) is 3. The molecule has 2 saturated heterocycles. The lowest BCUT2D eigenvalue weighted by Crippen LogP contribution is -2.38. The third kappa shape index (κ3) is 5.28. The Morgan fingerprint density at radius 2 is 1.66 bits per heavy atom. The molecular weight excluding hydrogens is 428 g/mol. The molecule has 2 heterocycles. The smallest absolute Gasteiger partial charge is 0.293 e. The standard InChI is InChI=1S/C23H30N4O4S/c28-27(29)23-17-21(32(30,31)26-13-5-2-6-14-26)9-10-22(23)24-20-11-15-25(16-12-20)18-19-7-3-1-4-8-19/h1,3-4,7-10,17,20,24H,2,5-6,11-16,18H2. The van der Waals surface area contributed by atoms with Crippen molar-refractivity contribution >= 4 is 21.4 Å². The van der Waals surface area contributed by atoms with Crippen molar-refractivity contribution in [1.82, 2.24) is 9.21 Å². The average Bonchev–Trinajstić information content (AvgIpc) is 2.81. The predicted molar refractivity (Wildman–Crippen MR) is 124 cm³/mol. The zero-order valence-corrected chi connectivity index (χ0v) is 19.0. The van der Waals surface area contributed by atoms with E-state index in [-0.39, 0.29) is 16.6 Å². The number of piperidine rings is 2. The van der Waals surface area contributed by atoms with Crippen LogP contribution in [0, 0.1) is 10.1 Å². The third-order valence-corrected chi connectivity index (χ3v) is 8.21. The summed E-state index contributed by atoms with van der Waals surface area (Å²) in [5.74, 6) is 0. The van der Waals surface area contributed by atoms with Gasteiger partial charge < -0.3 is 5.32 Å². The van der Waals surface area contributed by atoms with E-state index in [1.165, 1.54) is 22.0 Å². The topological polar surface area (TPSA) is 95.8 Å². The van der Waals surface area contributed by atoms with Crippen LogP contribution in [0.4, 0.5) is 11.4 Å². The van der Waals surface area contributed by atoms with E-state index >= 15 is 0 Å². The normalized spacial score (nSPS) is 19.0. The molecule has 2 fully saturated rings. The van der Waals surface area contributed by atoms with Crippen LogP contribution in [0.3, 0.4) is 0 Å². The number of sulfonamides is 1. The number of anilines is 1. The highest BCUT2D eigenvalue weighted by Gasteiger charge is 2.29. The number of nitrogens with one attached hydrogen (secondary N) is 1. The first-order valence-corrected chi connectivity index (χ1v) is 12.7. The lowest BCUT2D eigenvalue weighted by Gasteiger charge is -2.32. The summed E-state index contributed by atoms with van der Waals surface area (Å²) in [6, 6.07) is 14.7. The van der Waals surface area contributed by atoms with Gasteiger partial charge in [-0.2, -0.15) is 4.31 Å². The van der Waals surface area contributed by atoms with Gasteiger partial charge in [0.25, 0.3) is 5.69 Å². The SMILES string of the molecule is O=[N+]([O-])c1cc(S(=O)(=O)N2CCCCC2)ccc1NC1CCN(Cc2ccccc2)CC1. The van der Waals surface area contributed by atoms with Gasteiger partial charge in [0.05, 0.1) is 9.82 Å². The molecule has 0 aromatic heterocycles. The van der Waals surface area contributed by atoms with Crippen LogP contribution in [0.1, 0.15) is 37.7 Å². The van der Waals surface area contributed by atoms with E-state index in [2.05, 4.69) is 22.3 Å². The number of hydrogen-bond donors (Lipinski definition) is 1. The second-order valence-corrected chi connectivity index (χ2v) is 10.5. The largest absolute Gasteiger partial charge is 0.377 e. The lowest BCUT2D eigenvalue weighted by molar-refractivity contribution is -0.384. The molecule has 4 rings (SSSR count). The molecule has 0 aliphatic carbocycles. The molecule has 8 nitrogen and oxygen atoms in total. The second-order valence-electron chi connectivity index (χ2n) is 8.58. The fourth-order valence-corrected chi connectivity index (χ4v) is 6.03. The number of nitro benzene ring substituents is 1. The van der Waals surface area contributed by atoms with Gasteiger partial charge in [0.1, 0.15) is 5.69 Å². The van der Waals surface area contributed by atoms with Crippen LogP contribution in [0.25, 0.3) is 0 Å². The maximum Gasteiger partial charge on any atom is 0.293 e. The Bertz CT molecular complexity index is 1030. The van der Waals surface area contributed by atoms with Crippen molar-refractivity contribution in [2.24, 2.45) is 0 Å². The highest BCUT2D eigenvalue weighted by molar-refractivity contribution is 7.89. The molecule has 172 valence electrons. The Labute approximate surface area is 189 Å². The van der Waals surface area contributed by atoms with E-state index in [0.717, 1.165) is 51.7 Å². The van der Waals surface area contributed by atoms with Crippen LogP contribution in [0.5, 0.6) is 0 Å². The van der Waals surface area contributed by atoms with Crippen LogP contribution in [0.15, 0.2) is 53.4 Å². The van der Waals surface area contributed by atoms with Crippen LogP contribution in [-0.2, 0) is 16.6 Å². The Kier molecular flexibility index (Phi) is 7.07. The van der Waals surface area contributed by atoms with Gasteiger partial charge in [-0.05, 0) is 43.4 Å². The maximum atomic E-state index is 12.9. The number of rotatable bonds is 7.